The number of methoxy groups -OCH3 is 1. The summed E-state index contributed by atoms with van der Waals surface area (Å²) in [6.45, 7) is 3.91. The van der Waals surface area contributed by atoms with E-state index in [0.717, 1.165) is 17.5 Å². The molecule has 34 heavy (non-hydrogen) atoms. The second-order valence-corrected chi connectivity index (χ2v) is 9.22. The average Bonchev–Trinajstić information content (AvgIpc) is 3.23. The number of nitrogens with zero attached hydrogens (tertiary/aromatic N) is 4. The number of carbonyl (C=O) groups excluding carboxylic acids is 1. The Kier molecular flexibility index (Phi) is 6.21. The summed E-state index contributed by atoms with van der Waals surface area (Å²) < 4.78 is 9.28. The van der Waals surface area contributed by atoms with Gasteiger partial charge >= 0.3 is 0 Å². The number of nitrogens with one attached hydrogen (secondary N) is 2. The Labute approximate surface area is 203 Å². The molecule has 3 aromatic rings. The number of imidazole rings is 1. The van der Waals surface area contributed by atoms with Gasteiger partial charge in [0.05, 0.1) is 35.0 Å². The molecule has 2 aliphatic rings. The highest BCUT2D eigenvalue weighted by molar-refractivity contribution is 6.32. The highest BCUT2D eigenvalue weighted by Crippen LogP contribution is 2.38. The van der Waals surface area contributed by atoms with Crippen LogP contribution in [-0.2, 0) is 4.74 Å². The predicted molar refractivity (Wildman–Crippen MR) is 131 cm³/mol. The van der Waals surface area contributed by atoms with E-state index < -0.39 is 5.91 Å². The van der Waals surface area contributed by atoms with Crippen LogP contribution < -0.4 is 16.4 Å². The Morgan fingerprint density at radius 3 is 2.88 bits per heavy atom. The molecule has 2 aromatic heterocycles. The van der Waals surface area contributed by atoms with Gasteiger partial charge in [0.15, 0.2) is 5.69 Å². The lowest BCUT2D eigenvalue weighted by molar-refractivity contribution is 0.100. The highest BCUT2D eigenvalue weighted by Gasteiger charge is 2.31. The molecule has 1 aromatic carbocycles. The van der Waals surface area contributed by atoms with Gasteiger partial charge in [-0.1, -0.05) is 17.5 Å². The summed E-state index contributed by atoms with van der Waals surface area (Å²) in [5.41, 5.74) is 8.88. The summed E-state index contributed by atoms with van der Waals surface area (Å²) in [6.07, 6.45) is 5.02. The van der Waals surface area contributed by atoms with E-state index in [4.69, 9.17) is 27.2 Å². The number of carbonyl (C=O) groups is 1. The molecule has 0 spiro atoms. The second kappa shape index (κ2) is 9.29. The summed E-state index contributed by atoms with van der Waals surface area (Å²) >= 11 is 6.57. The number of hydrogen-bond donors (Lipinski definition) is 3. The molecule has 0 radical (unpaired) electrons. The van der Waals surface area contributed by atoms with Gasteiger partial charge in [-0.15, -0.1) is 0 Å². The van der Waals surface area contributed by atoms with Crippen LogP contribution >= 0.6 is 11.6 Å². The molecular weight excluding hydrogens is 454 g/mol. The van der Waals surface area contributed by atoms with Crippen molar-refractivity contribution in [3.8, 4) is 11.8 Å². The van der Waals surface area contributed by atoms with E-state index in [0.29, 0.717) is 53.4 Å². The maximum atomic E-state index is 12.4. The maximum Gasteiger partial charge on any atom is 0.255 e. The molecule has 1 aliphatic heterocycles. The topological polar surface area (TPSA) is 112 Å². The van der Waals surface area contributed by atoms with Gasteiger partial charge in [-0.3, -0.25) is 4.79 Å². The van der Waals surface area contributed by atoms with Crippen molar-refractivity contribution >= 4 is 34.4 Å². The summed E-state index contributed by atoms with van der Waals surface area (Å²) in [5.74, 6) is 6.16. The summed E-state index contributed by atoms with van der Waals surface area (Å²) in [5, 5.41) is 11.9. The van der Waals surface area contributed by atoms with Crippen LogP contribution in [-0.4, -0.2) is 58.1 Å². The monoisotopic (exact) mass is 481 g/mol. The minimum atomic E-state index is -0.573. The first-order valence-electron chi connectivity index (χ1n) is 11.6. The van der Waals surface area contributed by atoms with Gasteiger partial charge in [0.25, 0.3) is 5.91 Å². The number of benzene rings is 1. The Morgan fingerprint density at radius 2 is 2.18 bits per heavy atom. The van der Waals surface area contributed by atoms with E-state index in [1.165, 1.54) is 12.8 Å². The highest BCUT2D eigenvalue weighted by atomic mass is 35.5. The number of rotatable bonds is 7. The number of halogens is 1. The number of primary amides is 1. The summed E-state index contributed by atoms with van der Waals surface area (Å²) in [7, 11) is 1.69. The van der Waals surface area contributed by atoms with Crippen molar-refractivity contribution in [3.05, 3.63) is 40.3 Å². The van der Waals surface area contributed by atoms with Crippen LogP contribution in [0.4, 0.5) is 5.82 Å². The normalized spacial score (nSPS) is 19.9. The zero-order valence-corrected chi connectivity index (χ0v) is 20.0. The van der Waals surface area contributed by atoms with Gasteiger partial charge < -0.3 is 25.7 Å². The standard InChI is InChI=1S/C24H28ClN7O2/c1-3-27-24-22(23(26)33)19(30-32(24)17-9-15(12-34-2)28-11-17)7-4-14-8-20-21(10-18(14)25)31(13-29-20)16-5-6-16/h8,10,13,15-17,27-28H,3,5-6,9,11-12H2,1-2H3,(H2,26,33)/t15-,17+/m1/s1. The lowest BCUT2D eigenvalue weighted by Gasteiger charge is -2.15. The van der Waals surface area contributed by atoms with Crippen molar-refractivity contribution in [1.82, 2.24) is 24.6 Å². The summed E-state index contributed by atoms with van der Waals surface area (Å²) in [4.78, 5) is 16.9. The van der Waals surface area contributed by atoms with Crippen LogP contribution in [0.25, 0.3) is 11.0 Å². The molecule has 1 amide bonds. The van der Waals surface area contributed by atoms with Gasteiger partial charge in [0, 0.05) is 37.8 Å². The number of ether oxygens (including phenoxy) is 1. The SMILES string of the molecule is CCNc1c(C(N)=O)c(C#Cc2cc3ncn(C4CC4)c3cc2Cl)nn1[C@@H]1CN[C@@H](COC)C1. The third-order valence-corrected chi connectivity index (χ3v) is 6.65. The van der Waals surface area contributed by atoms with E-state index >= 15 is 0 Å². The summed E-state index contributed by atoms with van der Waals surface area (Å²) in [6, 6.07) is 4.57. The zero-order chi connectivity index (χ0) is 23.8. The average molecular weight is 482 g/mol. The fourth-order valence-electron chi connectivity index (χ4n) is 4.58. The van der Waals surface area contributed by atoms with Crippen LogP contribution in [0.5, 0.6) is 0 Å². The first kappa shape index (κ1) is 22.7. The van der Waals surface area contributed by atoms with Crippen molar-refractivity contribution in [2.45, 2.75) is 44.3 Å². The molecule has 0 bridgehead atoms. The van der Waals surface area contributed by atoms with Crippen molar-refractivity contribution in [2.24, 2.45) is 5.73 Å². The first-order valence-corrected chi connectivity index (χ1v) is 11.9. The number of anilines is 1. The van der Waals surface area contributed by atoms with Crippen LogP contribution in [0.1, 0.15) is 59.9 Å². The number of aromatic nitrogens is 4. The molecule has 10 heteroatoms. The lowest BCUT2D eigenvalue weighted by Crippen LogP contribution is -2.25. The molecule has 5 rings (SSSR count). The zero-order valence-electron chi connectivity index (χ0n) is 19.3. The third-order valence-electron chi connectivity index (χ3n) is 6.33. The molecule has 2 atom stereocenters. The van der Waals surface area contributed by atoms with Crippen molar-refractivity contribution < 1.29 is 9.53 Å². The Balaban J connectivity index is 1.52. The molecule has 9 nitrogen and oxygen atoms in total. The van der Waals surface area contributed by atoms with Gasteiger partial charge in [0.1, 0.15) is 11.4 Å². The van der Waals surface area contributed by atoms with Gasteiger partial charge in [-0.05, 0) is 44.2 Å². The molecular formula is C24H28ClN7O2. The number of fused-ring (bicyclic) bond motifs is 1. The number of nitrogens with two attached hydrogens (primary N) is 1. The van der Waals surface area contributed by atoms with Crippen LogP contribution in [0.3, 0.4) is 0 Å². The van der Waals surface area contributed by atoms with Crippen LogP contribution in [0.15, 0.2) is 18.5 Å². The number of amides is 1. The van der Waals surface area contributed by atoms with Crippen molar-refractivity contribution in [3.63, 3.8) is 0 Å². The van der Waals surface area contributed by atoms with E-state index in [1.807, 2.05) is 30.1 Å². The largest absolute Gasteiger partial charge is 0.383 e. The number of hydrogen-bond acceptors (Lipinski definition) is 6. The van der Waals surface area contributed by atoms with Crippen LogP contribution in [0.2, 0.25) is 5.02 Å². The molecule has 3 heterocycles. The minimum absolute atomic E-state index is 0.0502. The maximum absolute atomic E-state index is 12.4. The van der Waals surface area contributed by atoms with E-state index in [2.05, 4.69) is 32.0 Å². The van der Waals surface area contributed by atoms with Gasteiger partial charge in [0.2, 0.25) is 0 Å². The fraction of sp³-hybridized carbons (Fsp3) is 0.458. The van der Waals surface area contributed by atoms with E-state index in [1.54, 1.807) is 7.11 Å². The fourth-order valence-corrected chi connectivity index (χ4v) is 4.79. The van der Waals surface area contributed by atoms with Crippen LogP contribution in [0, 0.1) is 11.8 Å². The molecule has 178 valence electrons. The molecule has 0 unspecified atom stereocenters. The van der Waals surface area contributed by atoms with E-state index in [9.17, 15) is 4.79 Å². The second-order valence-electron chi connectivity index (χ2n) is 8.82. The Morgan fingerprint density at radius 1 is 1.35 bits per heavy atom. The lowest BCUT2D eigenvalue weighted by atomic mass is 10.1. The predicted octanol–water partition coefficient (Wildman–Crippen LogP) is 2.70. The quantitative estimate of drug-likeness (QED) is 0.447. The van der Waals surface area contributed by atoms with Crippen molar-refractivity contribution in [1.29, 1.82) is 0 Å². The third kappa shape index (κ3) is 4.25. The Hall–Kier alpha value is -3.06. The van der Waals surface area contributed by atoms with E-state index in [-0.39, 0.29) is 12.1 Å². The minimum Gasteiger partial charge on any atom is -0.383 e. The van der Waals surface area contributed by atoms with Crippen molar-refractivity contribution in [2.75, 3.05) is 32.1 Å². The molecule has 2 fully saturated rings. The van der Waals surface area contributed by atoms with Gasteiger partial charge in [-0.25, -0.2) is 9.67 Å². The molecule has 1 saturated heterocycles. The molecule has 4 N–H and O–H groups in total. The first-order chi connectivity index (χ1) is 16.5. The molecule has 1 saturated carbocycles. The smallest absolute Gasteiger partial charge is 0.255 e. The Bertz CT molecular complexity index is 1300. The van der Waals surface area contributed by atoms with Gasteiger partial charge in [-0.2, -0.15) is 5.10 Å². The molecule has 1 aliphatic carbocycles.